The molecule has 2 unspecified atom stereocenters. The summed E-state index contributed by atoms with van der Waals surface area (Å²) in [7, 11) is 5.19. The van der Waals surface area contributed by atoms with Gasteiger partial charge in [-0.25, -0.2) is 0 Å². The van der Waals surface area contributed by atoms with Gasteiger partial charge in [-0.1, -0.05) is 16.7 Å². The molecule has 2 aliphatic rings. The lowest BCUT2D eigenvalue weighted by atomic mass is 10.3. The molecule has 68 valence electrons. The number of hydrogen-bond acceptors (Lipinski definition) is 1. The van der Waals surface area contributed by atoms with Gasteiger partial charge in [-0.3, -0.25) is 4.98 Å². The van der Waals surface area contributed by atoms with Crippen molar-refractivity contribution >= 4 is 36.4 Å². The number of hydrogen-bond donors (Lipinski definition) is 0. The van der Waals surface area contributed by atoms with Gasteiger partial charge in [0.25, 0.3) is 0 Å². The van der Waals surface area contributed by atoms with Crippen molar-refractivity contribution < 1.29 is 0 Å². The van der Waals surface area contributed by atoms with Gasteiger partial charge in [-0.2, -0.15) is 0 Å². The van der Waals surface area contributed by atoms with E-state index >= 15 is 0 Å². The van der Waals surface area contributed by atoms with Crippen LogP contribution in [-0.2, 0) is 0 Å². The van der Waals surface area contributed by atoms with Gasteiger partial charge in [-0.05, 0) is 18.2 Å². The SMILES string of the molecule is ClC12C=C(c3ccccn3)S1(Cl)C2. The monoisotopic (exact) mass is 231 g/mol. The summed E-state index contributed by atoms with van der Waals surface area (Å²) < 4.78 is -0.179. The number of alkyl halides is 1. The molecule has 0 bridgehead atoms. The number of nitrogens with zero attached hydrogens (tertiary/aromatic N) is 1. The maximum absolute atomic E-state index is 6.36. The Balaban J connectivity index is 2.04. The highest BCUT2D eigenvalue weighted by Gasteiger charge is 2.70. The molecular formula is C9H7Cl2NS. The molecule has 0 amide bonds. The van der Waals surface area contributed by atoms with E-state index in [1.54, 1.807) is 6.20 Å². The van der Waals surface area contributed by atoms with Crippen LogP contribution in [0, 0.1) is 0 Å². The fourth-order valence-corrected chi connectivity index (χ4v) is 6.31. The smallest absolute Gasteiger partial charge is 0.119 e. The highest BCUT2D eigenvalue weighted by atomic mass is 35.7. The van der Waals surface area contributed by atoms with Crippen molar-refractivity contribution in [3.05, 3.63) is 36.2 Å². The molecule has 2 aliphatic heterocycles. The lowest BCUT2D eigenvalue weighted by Crippen LogP contribution is -2.07. The molecular weight excluding hydrogens is 225 g/mol. The molecule has 1 nitrogen and oxygen atoms in total. The summed E-state index contributed by atoms with van der Waals surface area (Å²) in [4.78, 5) is 5.43. The van der Waals surface area contributed by atoms with Crippen molar-refractivity contribution in [3.8, 4) is 0 Å². The minimum Gasteiger partial charge on any atom is -0.256 e. The van der Waals surface area contributed by atoms with Gasteiger partial charge >= 0.3 is 0 Å². The maximum Gasteiger partial charge on any atom is 0.119 e. The van der Waals surface area contributed by atoms with Crippen molar-refractivity contribution in [1.29, 1.82) is 0 Å². The number of fused-ring (bicyclic) bond motifs is 1. The van der Waals surface area contributed by atoms with Crippen LogP contribution in [0.15, 0.2) is 30.5 Å². The summed E-state index contributed by atoms with van der Waals surface area (Å²) in [6.45, 7) is 0. The second-order valence-corrected chi connectivity index (χ2v) is 8.55. The molecule has 1 saturated heterocycles. The third kappa shape index (κ3) is 0.888. The van der Waals surface area contributed by atoms with Gasteiger partial charge in [-0.15, -0.1) is 20.8 Å². The zero-order valence-corrected chi connectivity index (χ0v) is 9.03. The van der Waals surface area contributed by atoms with E-state index in [9.17, 15) is 0 Å². The number of pyridine rings is 1. The first kappa shape index (κ1) is 8.16. The van der Waals surface area contributed by atoms with Crippen LogP contribution in [0.2, 0.25) is 0 Å². The summed E-state index contributed by atoms with van der Waals surface area (Å²) >= 11 is 6.17. The van der Waals surface area contributed by atoms with Gasteiger partial charge in [0, 0.05) is 16.9 Å². The normalized spacial score (nSPS) is 45.2. The Morgan fingerprint density at radius 2 is 2.31 bits per heavy atom. The van der Waals surface area contributed by atoms with Gasteiger partial charge in [0.15, 0.2) is 0 Å². The Morgan fingerprint density at radius 1 is 1.46 bits per heavy atom. The van der Waals surface area contributed by atoms with Crippen LogP contribution >= 0.6 is 31.5 Å². The third-order valence-electron chi connectivity index (χ3n) is 2.46. The van der Waals surface area contributed by atoms with E-state index in [-0.39, 0.29) is 4.21 Å². The molecule has 0 N–H and O–H groups in total. The maximum atomic E-state index is 6.36. The largest absolute Gasteiger partial charge is 0.256 e. The van der Waals surface area contributed by atoms with Crippen molar-refractivity contribution in [3.63, 3.8) is 0 Å². The standard InChI is InChI=1S/C9H7Cl2NS/c10-9-5-8(13(9,11)6-9)7-3-1-2-4-12-7/h1-5H,6H2. The number of halogens is 2. The quantitative estimate of drug-likeness (QED) is 0.534. The first-order valence-corrected chi connectivity index (χ1v) is 7.00. The van der Waals surface area contributed by atoms with E-state index in [0.29, 0.717) is 0 Å². The molecule has 1 fully saturated rings. The number of rotatable bonds is 1. The molecule has 0 saturated carbocycles. The van der Waals surface area contributed by atoms with Crippen molar-refractivity contribution in [2.45, 2.75) is 4.21 Å². The first-order chi connectivity index (χ1) is 6.16. The van der Waals surface area contributed by atoms with Crippen LogP contribution < -0.4 is 0 Å². The zero-order chi connectivity index (χ0) is 9.10. The van der Waals surface area contributed by atoms with Crippen LogP contribution in [0.5, 0.6) is 0 Å². The third-order valence-corrected chi connectivity index (χ3v) is 8.40. The summed E-state index contributed by atoms with van der Waals surface area (Å²) in [5, 5.41) is 0. The summed E-state index contributed by atoms with van der Waals surface area (Å²) in [6, 6.07) is 5.86. The van der Waals surface area contributed by atoms with Crippen molar-refractivity contribution in [1.82, 2.24) is 4.98 Å². The van der Waals surface area contributed by atoms with Gasteiger partial charge in [0.2, 0.25) is 0 Å². The summed E-state index contributed by atoms with van der Waals surface area (Å²) in [5.41, 5.74) is 0.987. The fraction of sp³-hybridized carbons (Fsp3) is 0.222. The topological polar surface area (TPSA) is 12.9 Å². The predicted octanol–water partition coefficient (Wildman–Crippen LogP) is 3.34. The predicted molar refractivity (Wildman–Crippen MR) is 59.1 cm³/mol. The van der Waals surface area contributed by atoms with E-state index in [4.69, 9.17) is 22.3 Å². The molecule has 1 aromatic heterocycles. The molecule has 0 spiro atoms. The average molecular weight is 232 g/mol. The Labute approximate surface area is 87.6 Å². The first-order valence-electron chi connectivity index (χ1n) is 3.99. The zero-order valence-electron chi connectivity index (χ0n) is 6.71. The van der Waals surface area contributed by atoms with E-state index in [0.717, 1.165) is 11.4 Å². The highest BCUT2D eigenvalue weighted by molar-refractivity contribution is 8.65. The van der Waals surface area contributed by atoms with Crippen molar-refractivity contribution in [2.75, 3.05) is 5.75 Å². The second-order valence-electron chi connectivity index (χ2n) is 3.31. The lowest BCUT2D eigenvalue weighted by molar-refractivity contribution is 1.25. The van der Waals surface area contributed by atoms with E-state index < -0.39 is 9.24 Å². The Morgan fingerprint density at radius 3 is 2.77 bits per heavy atom. The number of aromatic nitrogens is 1. The Bertz CT molecular complexity index is 405. The van der Waals surface area contributed by atoms with Crippen LogP contribution in [0.4, 0.5) is 0 Å². The molecule has 0 aliphatic carbocycles. The van der Waals surface area contributed by atoms with E-state index in [1.165, 1.54) is 4.91 Å². The van der Waals surface area contributed by atoms with Gasteiger partial charge in [0.1, 0.15) is 4.21 Å². The molecule has 2 atom stereocenters. The lowest BCUT2D eigenvalue weighted by Gasteiger charge is -2.28. The van der Waals surface area contributed by atoms with E-state index in [2.05, 4.69) is 11.1 Å². The Kier molecular flexibility index (Phi) is 1.41. The van der Waals surface area contributed by atoms with Crippen LogP contribution in [-0.4, -0.2) is 14.9 Å². The second kappa shape index (κ2) is 2.25. The summed E-state index contributed by atoms with van der Waals surface area (Å²) in [5.74, 6) is 0.926. The van der Waals surface area contributed by atoms with Crippen molar-refractivity contribution in [2.24, 2.45) is 0 Å². The molecule has 4 heteroatoms. The van der Waals surface area contributed by atoms with Crippen LogP contribution in [0.25, 0.3) is 4.91 Å². The minimum absolute atomic E-state index is 0.179. The molecule has 0 aromatic carbocycles. The van der Waals surface area contributed by atoms with Gasteiger partial charge < -0.3 is 0 Å². The average Bonchev–Trinajstić information content (AvgIpc) is 2.54. The highest BCUT2D eigenvalue weighted by Crippen LogP contribution is 2.94. The molecule has 1 aromatic rings. The molecule has 13 heavy (non-hydrogen) atoms. The minimum atomic E-state index is -1.17. The van der Waals surface area contributed by atoms with Crippen LogP contribution in [0.1, 0.15) is 5.69 Å². The molecule has 0 radical (unpaired) electrons. The Hall–Kier alpha value is -0.180. The fourth-order valence-electron chi connectivity index (χ4n) is 1.62. The molecule has 3 rings (SSSR count). The van der Waals surface area contributed by atoms with Crippen LogP contribution in [0.3, 0.4) is 0 Å². The molecule has 3 heterocycles. The van der Waals surface area contributed by atoms with Gasteiger partial charge in [0.05, 0.1) is 5.69 Å². The summed E-state index contributed by atoms with van der Waals surface area (Å²) in [6.07, 6.45) is 3.84. The van der Waals surface area contributed by atoms with E-state index in [1.807, 2.05) is 18.2 Å².